The van der Waals surface area contributed by atoms with Crippen molar-refractivity contribution in [1.29, 1.82) is 0 Å². The number of methoxy groups -OCH3 is 2. The Morgan fingerprint density at radius 1 is 1.25 bits per heavy atom. The second-order valence-corrected chi connectivity index (χ2v) is 4.18. The molecule has 1 amide bonds. The normalized spacial score (nSPS) is 12.8. The zero-order valence-corrected chi connectivity index (χ0v) is 10.3. The van der Waals surface area contributed by atoms with Crippen molar-refractivity contribution < 1.29 is 23.8 Å². The van der Waals surface area contributed by atoms with Gasteiger partial charge in [-0.3, -0.25) is 0 Å². The molecule has 0 radical (unpaired) electrons. The first-order valence-electron chi connectivity index (χ1n) is 4.86. The molecule has 6 nitrogen and oxygen atoms in total. The first kappa shape index (κ1) is 14.7. The molecule has 0 aromatic heterocycles. The van der Waals surface area contributed by atoms with Crippen LogP contribution in [0.1, 0.15) is 20.8 Å². The summed E-state index contributed by atoms with van der Waals surface area (Å²) in [5, 5.41) is 2.36. The third-order valence-corrected chi connectivity index (χ3v) is 1.51. The van der Waals surface area contributed by atoms with E-state index >= 15 is 0 Å². The van der Waals surface area contributed by atoms with Gasteiger partial charge in [-0.25, -0.2) is 9.59 Å². The number of rotatable bonds is 4. The maximum atomic E-state index is 11.4. The molecular formula is C10H19NO5. The van der Waals surface area contributed by atoms with Gasteiger partial charge in [0.2, 0.25) is 0 Å². The van der Waals surface area contributed by atoms with Crippen molar-refractivity contribution in [1.82, 2.24) is 5.32 Å². The lowest BCUT2D eigenvalue weighted by Gasteiger charge is -2.22. The highest BCUT2D eigenvalue weighted by Gasteiger charge is 2.24. The molecule has 0 unspecified atom stereocenters. The van der Waals surface area contributed by atoms with Crippen LogP contribution in [0.15, 0.2) is 0 Å². The number of carbonyl (C=O) groups excluding carboxylic acids is 2. The predicted molar refractivity (Wildman–Crippen MR) is 57.0 cm³/mol. The molecule has 1 N–H and O–H groups in total. The van der Waals surface area contributed by atoms with E-state index in [0.29, 0.717) is 0 Å². The van der Waals surface area contributed by atoms with Crippen molar-refractivity contribution in [2.24, 2.45) is 0 Å². The SMILES string of the molecule is COC[C@H](NC(=O)OC(C)(C)C)C(=O)OC. The third kappa shape index (κ3) is 6.23. The fourth-order valence-electron chi connectivity index (χ4n) is 0.927. The van der Waals surface area contributed by atoms with E-state index in [2.05, 4.69) is 10.1 Å². The van der Waals surface area contributed by atoms with Gasteiger partial charge in [0, 0.05) is 7.11 Å². The van der Waals surface area contributed by atoms with Gasteiger partial charge >= 0.3 is 12.1 Å². The molecule has 0 saturated heterocycles. The molecule has 0 fully saturated rings. The number of esters is 1. The minimum Gasteiger partial charge on any atom is -0.467 e. The van der Waals surface area contributed by atoms with E-state index in [4.69, 9.17) is 9.47 Å². The minimum atomic E-state index is -0.857. The highest BCUT2D eigenvalue weighted by molar-refractivity contribution is 5.81. The van der Waals surface area contributed by atoms with Crippen LogP contribution in [0.4, 0.5) is 4.79 Å². The molecule has 94 valence electrons. The third-order valence-electron chi connectivity index (χ3n) is 1.51. The largest absolute Gasteiger partial charge is 0.467 e. The zero-order valence-electron chi connectivity index (χ0n) is 10.3. The molecule has 0 bridgehead atoms. The lowest BCUT2D eigenvalue weighted by atomic mass is 10.2. The Hall–Kier alpha value is -1.30. The molecular weight excluding hydrogens is 214 g/mol. The van der Waals surface area contributed by atoms with Crippen LogP contribution in [0.5, 0.6) is 0 Å². The molecule has 1 atom stereocenters. The number of nitrogens with one attached hydrogen (secondary N) is 1. The summed E-state index contributed by atoms with van der Waals surface area (Å²) in [6.45, 7) is 5.23. The molecule has 0 aliphatic heterocycles. The maximum absolute atomic E-state index is 11.4. The Bertz CT molecular complexity index is 246. The smallest absolute Gasteiger partial charge is 0.408 e. The van der Waals surface area contributed by atoms with Crippen molar-refractivity contribution in [3.05, 3.63) is 0 Å². The standard InChI is InChI=1S/C10H19NO5/c1-10(2,3)16-9(13)11-7(6-14-4)8(12)15-5/h7H,6H2,1-5H3,(H,11,13)/t7-/m0/s1. The number of carbonyl (C=O) groups is 2. The first-order chi connectivity index (χ1) is 7.30. The summed E-state index contributed by atoms with van der Waals surface area (Å²) in [5.41, 5.74) is -0.613. The van der Waals surface area contributed by atoms with Gasteiger partial charge in [0.05, 0.1) is 13.7 Å². The van der Waals surface area contributed by atoms with Gasteiger partial charge in [-0.1, -0.05) is 0 Å². The van der Waals surface area contributed by atoms with Gasteiger partial charge in [0.15, 0.2) is 6.04 Å². The molecule has 0 heterocycles. The average molecular weight is 233 g/mol. The monoisotopic (exact) mass is 233 g/mol. The first-order valence-corrected chi connectivity index (χ1v) is 4.86. The fraction of sp³-hybridized carbons (Fsp3) is 0.800. The quantitative estimate of drug-likeness (QED) is 0.723. The van der Waals surface area contributed by atoms with Crippen molar-refractivity contribution in [3.63, 3.8) is 0 Å². The molecule has 6 heteroatoms. The van der Waals surface area contributed by atoms with Crippen LogP contribution in [0.2, 0.25) is 0 Å². The van der Waals surface area contributed by atoms with E-state index in [1.165, 1.54) is 14.2 Å². The summed E-state index contributed by atoms with van der Waals surface area (Å²) in [7, 11) is 2.66. The highest BCUT2D eigenvalue weighted by Crippen LogP contribution is 2.06. The molecule has 0 spiro atoms. The average Bonchev–Trinajstić information content (AvgIpc) is 2.13. The molecule has 0 rings (SSSR count). The van der Waals surface area contributed by atoms with Crippen LogP contribution in [0, 0.1) is 0 Å². The van der Waals surface area contributed by atoms with Crippen LogP contribution in [0.3, 0.4) is 0 Å². The maximum Gasteiger partial charge on any atom is 0.408 e. The van der Waals surface area contributed by atoms with Crippen molar-refractivity contribution in [2.75, 3.05) is 20.8 Å². The second-order valence-electron chi connectivity index (χ2n) is 4.18. The van der Waals surface area contributed by atoms with Crippen molar-refractivity contribution in [3.8, 4) is 0 Å². The summed E-state index contributed by atoms with van der Waals surface area (Å²) in [5.74, 6) is -0.576. The molecule has 0 aromatic carbocycles. The second kappa shape index (κ2) is 6.32. The molecule has 0 aliphatic rings. The van der Waals surface area contributed by atoms with Gasteiger partial charge in [-0.05, 0) is 20.8 Å². The van der Waals surface area contributed by atoms with Crippen LogP contribution in [-0.4, -0.2) is 44.5 Å². The lowest BCUT2D eigenvalue weighted by Crippen LogP contribution is -2.46. The molecule has 16 heavy (non-hydrogen) atoms. The Balaban J connectivity index is 4.29. The predicted octanol–water partition coefficient (Wildman–Crippen LogP) is 0.699. The number of hydrogen-bond donors (Lipinski definition) is 1. The van der Waals surface area contributed by atoms with Crippen LogP contribution < -0.4 is 5.32 Å². The van der Waals surface area contributed by atoms with Gasteiger partial charge in [0.1, 0.15) is 5.60 Å². The van der Waals surface area contributed by atoms with E-state index in [-0.39, 0.29) is 6.61 Å². The minimum absolute atomic E-state index is 0.0336. The number of ether oxygens (including phenoxy) is 3. The number of hydrogen-bond acceptors (Lipinski definition) is 5. The Labute approximate surface area is 95.2 Å². The lowest BCUT2D eigenvalue weighted by molar-refractivity contribution is -0.144. The van der Waals surface area contributed by atoms with Gasteiger partial charge in [0.25, 0.3) is 0 Å². The summed E-state index contributed by atoms with van der Waals surface area (Å²) >= 11 is 0. The van der Waals surface area contributed by atoms with Crippen LogP contribution >= 0.6 is 0 Å². The van der Waals surface area contributed by atoms with Crippen LogP contribution in [0.25, 0.3) is 0 Å². The molecule has 0 aromatic rings. The highest BCUT2D eigenvalue weighted by atomic mass is 16.6. The molecule has 0 aliphatic carbocycles. The number of alkyl carbamates (subject to hydrolysis) is 1. The Morgan fingerprint density at radius 2 is 1.81 bits per heavy atom. The molecule has 0 saturated carbocycles. The Kier molecular flexibility index (Phi) is 5.81. The zero-order chi connectivity index (χ0) is 12.8. The van der Waals surface area contributed by atoms with E-state index in [1.807, 2.05) is 0 Å². The summed E-state index contributed by atoms with van der Waals surface area (Å²) in [6.07, 6.45) is -0.681. The van der Waals surface area contributed by atoms with Gasteiger partial charge < -0.3 is 19.5 Å². The van der Waals surface area contributed by atoms with E-state index < -0.39 is 23.7 Å². The number of amides is 1. The summed E-state index contributed by atoms with van der Waals surface area (Å²) < 4.78 is 14.3. The fourth-order valence-corrected chi connectivity index (χ4v) is 0.927. The summed E-state index contributed by atoms with van der Waals surface area (Å²) in [6, 6.07) is -0.857. The van der Waals surface area contributed by atoms with E-state index in [0.717, 1.165) is 0 Å². The van der Waals surface area contributed by atoms with Gasteiger partial charge in [-0.15, -0.1) is 0 Å². The summed E-state index contributed by atoms with van der Waals surface area (Å²) in [4.78, 5) is 22.6. The van der Waals surface area contributed by atoms with Gasteiger partial charge in [-0.2, -0.15) is 0 Å². The van der Waals surface area contributed by atoms with E-state index in [9.17, 15) is 9.59 Å². The van der Waals surface area contributed by atoms with Crippen LogP contribution in [-0.2, 0) is 19.0 Å². The van der Waals surface area contributed by atoms with E-state index in [1.54, 1.807) is 20.8 Å². The Morgan fingerprint density at radius 3 is 2.19 bits per heavy atom. The topological polar surface area (TPSA) is 73.9 Å². The van der Waals surface area contributed by atoms with Crippen molar-refractivity contribution >= 4 is 12.1 Å². The van der Waals surface area contributed by atoms with Crippen molar-refractivity contribution in [2.45, 2.75) is 32.4 Å².